The Morgan fingerprint density at radius 2 is 2.38 bits per heavy atom. The molecule has 0 bridgehead atoms. The van der Waals surface area contributed by atoms with Gasteiger partial charge in [-0.25, -0.2) is 0 Å². The van der Waals surface area contributed by atoms with E-state index in [1.807, 2.05) is 6.92 Å². The first-order valence-corrected chi connectivity index (χ1v) is 2.59. The molecule has 0 amide bonds. The fourth-order valence-electron chi connectivity index (χ4n) is 0.746. The number of carboxylic acids is 1. The van der Waals surface area contributed by atoms with Crippen LogP contribution in [0, 0.1) is 5.92 Å². The van der Waals surface area contributed by atoms with E-state index in [2.05, 4.69) is 0 Å². The van der Waals surface area contributed by atoms with Gasteiger partial charge in [-0.05, 0) is 12.3 Å². The highest BCUT2D eigenvalue weighted by Gasteiger charge is 2.54. The average molecular weight is 115 g/mol. The molecular formula is C5H9NO2. The van der Waals surface area contributed by atoms with Crippen LogP contribution in [-0.4, -0.2) is 16.6 Å². The van der Waals surface area contributed by atoms with E-state index in [1.165, 1.54) is 0 Å². The summed E-state index contributed by atoms with van der Waals surface area (Å²) in [5, 5.41) is 8.36. The molecule has 0 aromatic rings. The summed E-state index contributed by atoms with van der Waals surface area (Å²) >= 11 is 0. The second-order valence-corrected chi connectivity index (χ2v) is 2.45. The lowest BCUT2D eigenvalue weighted by Gasteiger charge is -1.98. The van der Waals surface area contributed by atoms with Gasteiger partial charge in [0.25, 0.3) is 0 Å². The van der Waals surface area contributed by atoms with Crippen LogP contribution in [0.2, 0.25) is 0 Å². The van der Waals surface area contributed by atoms with Crippen molar-refractivity contribution in [2.45, 2.75) is 18.9 Å². The monoisotopic (exact) mass is 115 g/mol. The molecule has 1 saturated carbocycles. The molecule has 8 heavy (non-hydrogen) atoms. The Kier molecular flexibility index (Phi) is 0.854. The van der Waals surface area contributed by atoms with Crippen LogP contribution in [0.25, 0.3) is 0 Å². The highest BCUT2D eigenvalue weighted by atomic mass is 16.4. The summed E-state index contributed by atoms with van der Waals surface area (Å²) in [5.41, 5.74) is 4.46. The van der Waals surface area contributed by atoms with E-state index in [0.29, 0.717) is 6.42 Å². The molecule has 0 aromatic carbocycles. The van der Waals surface area contributed by atoms with Crippen molar-refractivity contribution < 1.29 is 9.90 Å². The summed E-state index contributed by atoms with van der Waals surface area (Å²) in [5.74, 6) is -0.704. The fraction of sp³-hybridized carbons (Fsp3) is 0.800. The maximum absolute atomic E-state index is 10.2. The Morgan fingerprint density at radius 1 is 2.00 bits per heavy atom. The summed E-state index contributed by atoms with van der Waals surface area (Å²) in [7, 11) is 0. The molecule has 3 heteroatoms. The van der Waals surface area contributed by atoms with Crippen LogP contribution in [0.4, 0.5) is 0 Å². The number of hydrogen-bond acceptors (Lipinski definition) is 2. The van der Waals surface area contributed by atoms with Crippen molar-refractivity contribution in [3.63, 3.8) is 0 Å². The van der Waals surface area contributed by atoms with Gasteiger partial charge in [0, 0.05) is 0 Å². The number of nitrogens with two attached hydrogens (primary N) is 1. The molecule has 0 unspecified atom stereocenters. The van der Waals surface area contributed by atoms with Crippen LogP contribution in [-0.2, 0) is 4.79 Å². The quantitative estimate of drug-likeness (QED) is 0.497. The molecule has 0 saturated heterocycles. The topological polar surface area (TPSA) is 63.3 Å². The molecule has 1 aliphatic rings. The minimum Gasteiger partial charge on any atom is -0.480 e. The molecular weight excluding hydrogens is 106 g/mol. The van der Waals surface area contributed by atoms with Crippen molar-refractivity contribution >= 4 is 5.97 Å². The summed E-state index contributed by atoms with van der Waals surface area (Å²) in [6, 6.07) is 0. The molecule has 1 rings (SSSR count). The van der Waals surface area contributed by atoms with Gasteiger partial charge in [0.15, 0.2) is 0 Å². The molecule has 0 aliphatic heterocycles. The van der Waals surface area contributed by atoms with E-state index in [4.69, 9.17) is 10.8 Å². The highest BCUT2D eigenvalue weighted by molar-refractivity contribution is 5.82. The molecule has 1 fully saturated rings. The van der Waals surface area contributed by atoms with Gasteiger partial charge in [-0.3, -0.25) is 4.79 Å². The molecule has 2 atom stereocenters. The van der Waals surface area contributed by atoms with Crippen LogP contribution in [0.1, 0.15) is 13.3 Å². The predicted molar refractivity (Wildman–Crippen MR) is 28.3 cm³/mol. The first-order chi connectivity index (χ1) is 3.57. The van der Waals surface area contributed by atoms with Gasteiger partial charge < -0.3 is 10.8 Å². The predicted octanol–water partition coefficient (Wildman–Crippen LogP) is -0.192. The summed E-state index contributed by atoms with van der Waals surface area (Å²) in [4.78, 5) is 10.2. The Hall–Kier alpha value is -0.570. The zero-order chi connectivity index (χ0) is 6.36. The Balaban J connectivity index is 2.60. The molecule has 0 aromatic heterocycles. The number of carbonyl (C=O) groups is 1. The molecule has 3 N–H and O–H groups in total. The standard InChI is InChI=1S/C5H9NO2/c1-3-2-5(3,6)4(7)8/h3H,2,6H2,1H3,(H,7,8)/t3-,5-/m0/s1. The third kappa shape index (κ3) is 0.512. The van der Waals surface area contributed by atoms with Crippen LogP contribution < -0.4 is 5.73 Å². The van der Waals surface area contributed by atoms with Crippen molar-refractivity contribution in [2.75, 3.05) is 0 Å². The van der Waals surface area contributed by atoms with E-state index in [-0.39, 0.29) is 5.92 Å². The maximum atomic E-state index is 10.2. The van der Waals surface area contributed by atoms with Crippen molar-refractivity contribution in [1.29, 1.82) is 0 Å². The number of hydrogen-bond donors (Lipinski definition) is 2. The summed E-state index contributed by atoms with van der Waals surface area (Å²) < 4.78 is 0. The second-order valence-electron chi connectivity index (χ2n) is 2.45. The minimum absolute atomic E-state index is 0.167. The smallest absolute Gasteiger partial charge is 0.323 e. The average Bonchev–Trinajstić information content (AvgIpc) is 2.17. The normalized spacial score (nSPS) is 44.0. The molecule has 0 radical (unpaired) electrons. The van der Waals surface area contributed by atoms with Gasteiger partial charge in [0.05, 0.1) is 0 Å². The van der Waals surface area contributed by atoms with Gasteiger partial charge in [0.1, 0.15) is 5.54 Å². The molecule has 0 heterocycles. The van der Waals surface area contributed by atoms with Crippen LogP contribution >= 0.6 is 0 Å². The third-order valence-electron chi connectivity index (χ3n) is 1.76. The summed E-state index contributed by atoms with van der Waals surface area (Å²) in [6.45, 7) is 1.84. The number of aliphatic carboxylic acids is 1. The van der Waals surface area contributed by atoms with Crippen molar-refractivity contribution in [1.82, 2.24) is 0 Å². The van der Waals surface area contributed by atoms with Crippen molar-refractivity contribution in [3.8, 4) is 0 Å². The molecule has 3 nitrogen and oxygen atoms in total. The lowest BCUT2D eigenvalue weighted by molar-refractivity contribution is -0.140. The Labute approximate surface area is 47.5 Å². The SMILES string of the molecule is C[C@H]1C[C@@]1(N)C(=O)O. The van der Waals surface area contributed by atoms with Crippen molar-refractivity contribution in [3.05, 3.63) is 0 Å². The van der Waals surface area contributed by atoms with Crippen molar-refractivity contribution in [2.24, 2.45) is 11.7 Å². The first-order valence-electron chi connectivity index (χ1n) is 2.59. The fourth-order valence-corrected chi connectivity index (χ4v) is 0.746. The number of carboxylic acid groups (broad SMARTS) is 1. The zero-order valence-corrected chi connectivity index (χ0v) is 4.72. The third-order valence-corrected chi connectivity index (χ3v) is 1.76. The lowest BCUT2D eigenvalue weighted by atomic mass is 10.2. The van der Waals surface area contributed by atoms with Crippen LogP contribution in [0.15, 0.2) is 0 Å². The second kappa shape index (κ2) is 1.23. The largest absolute Gasteiger partial charge is 0.480 e. The molecule has 0 spiro atoms. The number of rotatable bonds is 1. The highest BCUT2D eigenvalue weighted by Crippen LogP contribution is 2.40. The first kappa shape index (κ1) is 5.56. The van der Waals surface area contributed by atoms with E-state index >= 15 is 0 Å². The van der Waals surface area contributed by atoms with E-state index < -0.39 is 11.5 Å². The van der Waals surface area contributed by atoms with Gasteiger partial charge in [0.2, 0.25) is 0 Å². The Bertz CT molecular complexity index is 134. The van der Waals surface area contributed by atoms with Gasteiger partial charge in [-0.15, -0.1) is 0 Å². The molecule has 1 aliphatic carbocycles. The van der Waals surface area contributed by atoms with Gasteiger partial charge in [-0.1, -0.05) is 6.92 Å². The van der Waals surface area contributed by atoms with E-state index in [1.54, 1.807) is 0 Å². The summed E-state index contributed by atoms with van der Waals surface area (Å²) in [6.07, 6.45) is 0.627. The van der Waals surface area contributed by atoms with Gasteiger partial charge >= 0.3 is 5.97 Å². The van der Waals surface area contributed by atoms with E-state index in [0.717, 1.165) is 0 Å². The van der Waals surface area contributed by atoms with Crippen LogP contribution in [0.3, 0.4) is 0 Å². The molecule has 46 valence electrons. The zero-order valence-electron chi connectivity index (χ0n) is 4.72. The lowest BCUT2D eigenvalue weighted by Crippen LogP contribution is -2.34. The maximum Gasteiger partial charge on any atom is 0.323 e. The Morgan fingerprint density at radius 3 is 2.38 bits per heavy atom. The van der Waals surface area contributed by atoms with Crippen LogP contribution in [0.5, 0.6) is 0 Å². The van der Waals surface area contributed by atoms with E-state index in [9.17, 15) is 4.79 Å². The van der Waals surface area contributed by atoms with Gasteiger partial charge in [-0.2, -0.15) is 0 Å². The minimum atomic E-state index is -0.875.